The van der Waals surface area contributed by atoms with Crippen molar-refractivity contribution < 1.29 is 18.8 Å². The third-order valence-corrected chi connectivity index (χ3v) is 3.66. The van der Waals surface area contributed by atoms with E-state index in [-0.39, 0.29) is 0 Å². The van der Waals surface area contributed by atoms with Crippen LogP contribution in [0, 0.1) is 0 Å². The molecule has 6 heteroatoms. The van der Waals surface area contributed by atoms with Crippen LogP contribution in [-0.2, 0) is 18.8 Å². The van der Waals surface area contributed by atoms with Gasteiger partial charge >= 0.3 is 13.1 Å². The van der Waals surface area contributed by atoms with Crippen LogP contribution in [0.2, 0.25) is 0 Å². The van der Waals surface area contributed by atoms with E-state index in [2.05, 4.69) is 16.4 Å². The van der Waals surface area contributed by atoms with Crippen molar-refractivity contribution in [3.05, 3.63) is 23.3 Å². The highest BCUT2D eigenvalue weighted by Crippen LogP contribution is 2.38. The molecule has 1 aliphatic rings. The normalized spacial score (nSPS) is 21.8. The zero-order valence-electron chi connectivity index (χ0n) is 13.0. The summed E-state index contributed by atoms with van der Waals surface area (Å²) in [5, 5.41) is 0. The summed E-state index contributed by atoms with van der Waals surface area (Å²) in [6.07, 6.45) is 3.16. The van der Waals surface area contributed by atoms with E-state index in [0.717, 1.165) is 0 Å². The Balaban J connectivity index is 3.05. The topological polar surface area (TPSA) is 57.1 Å². The molecule has 0 spiro atoms. The Labute approximate surface area is 120 Å². The fourth-order valence-electron chi connectivity index (χ4n) is 1.72. The monoisotopic (exact) mass is 279 g/mol. The Kier molecular flexibility index (Phi) is 4.94. The van der Waals surface area contributed by atoms with Crippen molar-refractivity contribution in [3.8, 4) is 0 Å². The van der Waals surface area contributed by atoms with Crippen LogP contribution in [0.3, 0.4) is 0 Å². The van der Waals surface area contributed by atoms with Crippen molar-refractivity contribution in [1.29, 1.82) is 0 Å². The van der Waals surface area contributed by atoms with Gasteiger partial charge in [-0.25, -0.2) is 4.79 Å². The molecule has 1 rings (SSSR count). The largest absolute Gasteiger partial charge is 0.496 e. The molecule has 0 aliphatic carbocycles. The van der Waals surface area contributed by atoms with Crippen LogP contribution >= 0.6 is 0 Å². The zero-order chi connectivity index (χ0) is 15.6. The molecule has 1 fully saturated rings. The second-order valence-electron chi connectivity index (χ2n) is 5.72. The number of carbonyl (C=O) groups is 1. The van der Waals surface area contributed by atoms with Crippen LogP contribution in [0.1, 0.15) is 34.6 Å². The summed E-state index contributed by atoms with van der Waals surface area (Å²) in [5.41, 5.74) is 0.161. The lowest BCUT2D eigenvalue weighted by atomic mass is 9.78. The second-order valence-corrected chi connectivity index (χ2v) is 5.72. The predicted octanol–water partition coefficient (Wildman–Crippen LogP) is 2.32. The quantitative estimate of drug-likeness (QED) is 0.260. The summed E-state index contributed by atoms with van der Waals surface area (Å²) in [5.74, 6) is -0.406. The fraction of sp³-hybridized carbons (Fsp3) is 0.571. The van der Waals surface area contributed by atoms with Gasteiger partial charge in [0.15, 0.2) is 0 Å². The lowest BCUT2D eigenvalue weighted by Crippen LogP contribution is -2.41. The molecule has 0 atom stereocenters. The highest BCUT2D eigenvalue weighted by molar-refractivity contribution is 6.55. The first-order chi connectivity index (χ1) is 9.14. The van der Waals surface area contributed by atoms with Crippen LogP contribution < -0.4 is 0 Å². The highest BCUT2D eigenvalue weighted by atomic mass is 16.7. The van der Waals surface area contributed by atoms with Crippen molar-refractivity contribution in [3.63, 3.8) is 0 Å². The Morgan fingerprint density at radius 3 is 2.15 bits per heavy atom. The van der Waals surface area contributed by atoms with E-state index < -0.39 is 24.3 Å². The Hall–Kier alpha value is -1.40. The number of aliphatic imine (C=N–C) groups is 1. The van der Waals surface area contributed by atoms with Gasteiger partial charge in [0.1, 0.15) is 0 Å². The summed E-state index contributed by atoms with van der Waals surface area (Å²) in [6, 6.07) is 0. The molecular weight excluding hydrogens is 257 g/mol. The average Bonchev–Trinajstić information content (AvgIpc) is 2.56. The minimum Gasteiger partial charge on any atom is -0.466 e. The average molecular weight is 279 g/mol. The van der Waals surface area contributed by atoms with E-state index in [1.54, 1.807) is 13.0 Å². The van der Waals surface area contributed by atoms with Gasteiger partial charge in [-0.2, -0.15) is 0 Å². The summed E-state index contributed by atoms with van der Waals surface area (Å²) in [6.45, 7) is 12.9. The molecule has 0 unspecified atom stereocenters. The molecule has 0 amide bonds. The van der Waals surface area contributed by atoms with Crippen molar-refractivity contribution in [2.45, 2.75) is 45.8 Å². The zero-order valence-corrected chi connectivity index (χ0v) is 13.0. The van der Waals surface area contributed by atoms with E-state index in [9.17, 15) is 4.79 Å². The number of esters is 1. The molecule has 0 N–H and O–H groups in total. The van der Waals surface area contributed by atoms with E-state index in [0.29, 0.717) is 11.0 Å². The lowest BCUT2D eigenvalue weighted by molar-refractivity contribution is -0.136. The third kappa shape index (κ3) is 3.38. The third-order valence-electron chi connectivity index (χ3n) is 3.66. The lowest BCUT2D eigenvalue weighted by Gasteiger charge is -2.32. The molecule has 0 aromatic carbocycles. The molecular formula is C14H22BNO4. The van der Waals surface area contributed by atoms with Crippen molar-refractivity contribution in [2.24, 2.45) is 4.99 Å². The van der Waals surface area contributed by atoms with Crippen LogP contribution in [0.5, 0.6) is 0 Å². The first-order valence-electron chi connectivity index (χ1n) is 6.43. The number of hydrogen-bond acceptors (Lipinski definition) is 5. The summed E-state index contributed by atoms with van der Waals surface area (Å²) in [7, 11) is 0.744. The molecule has 1 saturated heterocycles. The standard InChI is InChI=1S/C14H22BNO4/c1-10(12(17)18-7)8-11(9-16-6)15-19-13(2,3)14(4,5)20-15/h8-9H,6H2,1-5,7H3/b10-8+,11-9+. The smallest absolute Gasteiger partial charge is 0.466 e. The molecule has 5 nitrogen and oxygen atoms in total. The molecule has 0 aromatic rings. The predicted molar refractivity (Wildman–Crippen MR) is 79.5 cm³/mol. The molecule has 0 bridgehead atoms. The fourth-order valence-corrected chi connectivity index (χ4v) is 1.72. The van der Waals surface area contributed by atoms with Crippen LogP contribution in [0.15, 0.2) is 28.3 Å². The minimum atomic E-state index is -0.592. The van der Waals surface area contributed by atoms with Crippen molar-refractivity contribution in [2.75, 3.05) is 7.11 Å². The van der Waals surface area contributed by atoms with Gasteiger partial charge in [-0.3, -0.25) is 4.99 Å². The molecule has 110 valence electrons. The molecule has 0 radical (unpaired) electrons. The number of rotatable bonds is 4. The van der Waals surface area contributed by atoms with Gasteiger partial charge in [-0.15, -0.1) is 0 Å². The molecule has 1 aliphatic heterocycles. The summed E-state index contributed by atoms with van der Waals surface area (Å²) < 4.78 is 16.5. The van der Waals surface area contributed by atoms with Gasteiger partial charge in [-0.05, 0) is 41.3 Å². The number of allylic oxidation sites excluding steroid dienone is 2. The van der Waals surface area contributed by atoms with Gasteiger partial charge in [0.05, 0.1) is 18.3 Å². The summed E-state index contributed by atoms with van der Waals surface area (Å²) >= 11 is 0. The van der Waals surface area contributed by atoms with Gasteiger partial charge in [0, 0.05) is 17.2 Å². The first kappa shape index (κ1) is 16.7. The molecule has 0 aromatic heterocycles. The van der Waals surface area contributed by atoms with Crippen LogP contribution in [0.25, 0.3) is 0 Å². The van der Waals surface area contributed by atoms with E-state index in [4.69, 9.17) is 9.31 Å². The summed E-state index contributed by atoms with van der Waals surface area (Å²) in [4.78, 5) is 15.2. The van der Waals surface area contributed by atoms with E-state index in [1.807, 2.05) is 27.7 Å². The minimum absolute atomic E-state index is 0.406. The molecule has 20 heavy (non-hydrogen) atoms. The number of ether oxygens (including phenoxy) is 1. The Morgan fingerprint density at radius 2 is 1.75 bits per heavy atom. The SMILES string of the molecule is C=N/C=C(\C=C(/C)C(=O)OC)B1OC(C)(C)C(C)(C)O1. The number of carbonyl (C=O) groups excluding carboxylic acids is 1. The van der Waals surface area contributed by atoms with Crippen LogP contribution in [-0.4, -0.2) is 38.1 Å². The Bertz CT molecular complexity index is 450. The number of nitrogens with zero attached hydrogens (tertiary/aromatic N) is 1. The van der Waals surface area contributed by atoms with E-state index in [1.165, 1.54) is 13.3 Å². The van der Waals surface area contributed by atoms with E-state index >= 15 is 0 Å². The maximum Gasteiger partial charge on any atom is 0.496 e. The van der Waals surface area contributed by atoms with Crippen LogP contribution in [0.4, 0.5) is 0 Å². The maximum absolute atomic E-state index is 11.5. The van der Waals surface area contributed by atoms with Crippen molar-refractivity contribution >= 4 is 19.8 Å². The number of hydrogen-bond donors (Lipinski definition) is 0. The van der Waals surface area contributed by atoms with Gasteiger partial charge in [0.2, 0.25) is 0 Å². The number of methoxy groups -OCH3 is 1. The maximum atomic E-state index is 11.5. The first-order valence-corrected chi connectivity index (χ1v) is 6.43. The van der Waals surface area contributed by atoms with Crippen molar-refractivity contribution in [1.82, 2.24) is 0 Å². The van der Waals surface area contributed by atoms with Gasteiger partial charge in [0.25, 0.3) is 0 Å². The second kappa shape index (κ2) is 5.93. The highest BCUT2D eigenvalue weighted by Gasteiger charge is 2.52. The van der Waals surface area contributed by atoms with Gasteiger partial charge < -0.3 is 14.0 Å². The molecule has 1 heterocycles. The molecule has 0 saturated carbocycles. The van der Waals surface area contributed by atoms with Gasteiger partial charge in [-0.1, -0.05) is 6.08 Å². The Morgan fingerprint density at radius 1 is 1.25 bits per heavy atom.